The largest absolute Gasteiger partial charge is 0.486 e. The Balaban J connectivity index is 1.40. The summed E-state index contributed by atoms with van der Waals surface area (Å²) in [5, 5.41) is 12.3. The second-order valence-corrected chi connectivity index (χ2v) is 9.14. The number of aliphatic hydroxyl groups is 1. The Bertz CT molecular complexity index is 1320. The second kappa shape index (κ2) is 10.4. The van der Waals surface area contributed by atoms with Gasteiger partial charge >= 0.3 is 0 Å². The molecule has 1 aliphatic rings. The van der Waals surface area contributed by atoms with Crippen molar-refractivity contribution in [1.29, 1.82) is 0 Å². The van der Waals surface area contributed by atoms with Gasteiger partial charge in [0.25, 0.3) is 5.91 Å². The van der Waals surface area contributed by atoms with Crippen molar-refractivity contribution in [3.8, 4) is 17.2 Å². The molecule has 0 fully saturated rings. The van der Waals surface area contributed by atoms with Crippen molar-refractivity contribution in [1.82, 2.24) is 9.88 Å². The van der Waals surface area contributed by atoms with Crippen LogP contribution in [0.1, 0.15) is 32.4 Å². The van der Waals surface area contributed by atoms with Gasteiger partial charge in [-0.1, -0.05) is 17.7 Å². The average molecular weight is 513 g/mol. The van der Waals surface area contributed by atoms with Gasteiger partial charge in [0.1, 0.15) is 17.4 Å². The van der Waals surface area contributed by atoms with Gasteiger partial charge in [-0.2, -0.15) is 0 Å². The van der Waals surface area contributed by atoms with Gasteiger partial charge in [-0.3, -0.25) is 4.79 Å². The highest BCUT2D eigenvalue weighted by atomic mass is 35.5. The molecule has 5 rings (SSSR count). The predicted octanol–water partition coefficient (Wildman–Crippen LogP) is 5.03. The molecule has 0 bridgehead atoms. The SMILES string of the molecule is O=C(c1ccco1)N(Cc1ccc2c(c1)OCO2)Cc1cc(Cl)ccc1OCc1nc(CO)cs1. The number of furan rings is 1. The molecule has 0 atom stereocenters. The molecule has 10 heteroatoms. The summed E-state index contributed by atoms with van der Waals surface area (Å²) in [5.74, 6) is 1.86. The third kappa shape index (κ3) is 5.43. The Labute approximate surface area is 210 Å². The fourth-order valence-electron chi connectivity index (χ4n) is 3.66. The summed E-state index contributed by atoms with van der Waals surface area (Å²) >= 11 is 7.71. The molecule has 180 valence electrons. The standard InChI is InChI=1S/C25H21ClN2O6S/c26-18-4-6-20(32-13-24-27-19(12-29)14-35-24)17(9-18)11-28(25(30)22-2-1-7-31-22)10-16-3-5-21-23(8-16)34-15-33-21/h1-9,14,29H,10-13,15H2. The van der Waals surface area contributed by atoms with Gasteiger partial charge in [-0.25, -0.2) is 4.98 Å². The molecule has 1 aliphatic heterocycles. The van der Waals surface area contributed by atoms with Crippen molar-refractivity contribution >= 4 is 28.8 Å². The number of aliphatic hydroxyl groups excluding tert-OH is 1. The number of rotatable bonds is 9. The molecule has 0 radical (unpaired) electrons. The van der Waals surface area contributed by atoms with Crippen LogP contribution in [0.15, 0.2) is 64.6 Å². The fourth-order valence-corrected chi connectivity index (χ4v) is 4.55. The number of fused-ring (bicyclic) bond motifs is 1. The Kier molecular flexibility index (Phi) is 6.89. The molecule has 2 aromatic carbocycles. The van der Waals surface area contributed by atoms with E-state index in [1.807, 2.05) is 18.2 Å². The molecular weight excluding hydrogens is 492 g/mol. The number of halogens is 1. The molecule has 3 heterocycles. The third-order valence-electron chi connectivity index (χ3n) is 5.33. The van der Waals surface area contributed by atoms with E-state index < -0.39 is 0 Å². The second-order valence-electron chi connectivity index (χ2n) is 7.76. The topological polar surface area (TPSA) is 94.3 Å². The number of benzene rings is 2. The van der Waals surface area contributed by atoms with E-state index in [-0.39, 0.29) is 38.2 Å². The van der Waals surface area contributed by atoms with Gasteiger partial charge in [-0.15, -0.1) is 11.3 Å². The van der Waals surface area contributed by atoms with E-state index in [9.17, 15) is 9.90 Å². The van der Waals surface area contributed by atoms with Crippen LogP contribution < -0.4 is 14.2 Å². The van der Waals surface area contributed by atoms with Crippen LogP contribution in [0.2, 0.25) is 5.02 Å². The lowest BCUT2D eigenvalue weighted by atomic mass is 10.1. The molecular formula is C25H21ClN2O6S. The molecule has 0 aliphatic carbocycles. The number of hydrogen-bond acceptors (Lipinski definition) is 8. The maximum absolute atomic E-state index is 13.3. The van der Waals surface area contributed by atoms with E-state index >= 15 is 0 Å². The van der Waals surface area contributed by atoms with Crippen LogP contribution in [0.3, 0.4) is 0 Å². The number of amides is 1. The summed E-state index contributed by atoms with van der Waals surface area (Å²) in [4.78, 5) is 19.3. The van der Waals surface area contributed by atoms with Gasteiger partial charge in [0, 0.05) is 22.5 Å². The number of thiazole rings is 1. The minimum absolute atomic E-state index is 0.119. The van der Waals surface area contributed by atoms with Crippen LogP contribution in [0.5, 0.6) is 17.2 Å². The van der Waals surface area contributed by atoms with E-state index in [2.05, 4.69) is 4.98 Å². The van der Waals surface area contributed by atoms with Crippen LogP contribution in [-0.4, -0.2) is 27.7 Å². The molecule has 0 spiro atoms. The molecule has 4 aromatic rings. The van der Waals surface area contributed by atoms with Crippen molar-refractivity contribution in [2.45, 2.75) is 26.3 Å². The molecule has 2 aromatic heterocycles. The van der Waals surface area contributed by atoms with Crippen LogP contribution in [0, 0.1) is 0 Å². The first kappa shape index (κ1) is 23.2. The number of ether oxygens (including phenoxy) is 3. The van der Waals surface area contributed by atoms with Crippen LogP contribution in [-0.2, 0) is 26.3 Å². The van der Waals surface area contributed by atoms with E-state index in [0.717, 1.165) is 16.1 Å². The van der Waals surface area contributed by atoms with Gasteiger partial charge < -0.3 is 28.6 Å². The summed E-state index contributed by atoms with van der Waals surface area (Å²) in [6.45, 7) is 0.814. The highest BCUT2D eigenvalue weighted by molar-refractivity contribution is 7.09. The highest BCUT2D eigenvalue weighted by Gasteiger charge is 2.22. The lowest BCUT2D eigenvalue weighted by Gasteiger charge is -2.23. The van der Waals surface area contributed by atoms with Gasteiger partial charge in [-0.05, 0) is 48.0 Å². The smallest absolute Gasteiger partial charge is 0.290 e. The van der Waals surface area contributed by atoms with E-state index in [1.54, 1.807) is 40.6 Å². The van der Waals surface area contributed by atoms with Gasteiger partial charge in [0.05, 0.1) is 25.1 Å². The van der Waals surface area contributed by atoms with Crippen molar-refractivity contribution in [2.24, 2.45) is 0 Å². The van der Waals surface area contributed by atoms with Gasteiger partial charge in [0.2, 0.25) is 6.79 Å². The van der Waals surface area contributed by atoms with Crippen molar-refractivity contribution in [3.63, 3.8) is 0 Å². The quantitative estimate of drug-likeness (QED) is 0.336. The first-order valence-electron chi connectivity index (χ1n) is 10.8. The maximum atomic E-state index is 13.3. The lowest BCUT2D eigenvalue weighted by Crippen LogP contribution is -2.30. The number of carbonyl (C=O) groups is 1. The molecule has 0 saturated carbocycles. The zero-order valence-electron chi connectivity index (χ0n) is 18.5. The molecule has 8 nitrogen and oxygen atoms in total. The lowest BCUT2D eigenvalue weighted by molar-refractivity contribution is 0.0695. The minimum atomic E-state index is -0.272. The average Bonchev–Trinajstić information content (AvgIpc) is 3.64. The van der Waals surface area contributed by atoms with Crippen LogP contribution in [0.25, 0.3) is 0 Å². The number of carbonyl (C=O) groups excluding carboxylic acids is 1. The highest BCUT2D eigenvalue weighted by Crippen LogP contribution is 2.33. The first-order chi connectivity index (χ1) is 17.1. The van der Waals surface area contributed by atoms with Gasteiger partial charge in [0.15, 0.2) is 17.3 Å². The zero-order valence-corrected chi connectivity index (χ0v) is 20.1. The van der Waals surface area contributed by atoms with E-state index in [1.165, 1.54) is 17.6 Å². The number of nitrogens with zero attached hydrogens (tertiary/aromatic N) is 2. The Morgan fingerprint density at radius 2 is 2.03 bits per heavy atom. The molecule has 1 N–H and O–H groups in total. The Morgan fingerprint density at radius 3 is 2.83 bits per heavy atom. The summed E-state index contributed by atoms with van der Waals surface area (Å²) < 4.78 is 22.3. The van der Waals surface area contributed by atoms with Crippen LogP contribution >= 0.6 is 22.9 Å². The summed E-state index contributed by atoms with van der Waals surface area (Å²) in [6, 6.07) is 14.2. The number of hydrogen-bond donors (Lipinski definition) is 1. The van der Waals surface area contributed by atoms with E-state index in [0.29, 0.717) is 34.5 Å². The number of aromatic nitrogens is 1. The van der Waals surface area contributed by atoms with Crippen molar-refractivity contribution in [2.75, 3.05) is 6.79 Å². The van der Waals surface area contributed by atoms with Crippen LogP contribution in [0.4, 0.5) is 0 Å². The van der Waals surface area contributed by atoms with Crippen molar-refractivity contribution < 1.29 is 28.5 Å². The normalized spacial score (nSPS) is 12.1. The molecule has 35 heavy (non-hydrogen) atoms. The molecule has 1 amide bonds. The third-order valence-corrected chi connectivity index (χ3v) is 6.43. The zero-order chi connectivity index (χ0) is 24.2. The maximum Gasteiger partial charge on any atom is 0.290 e. The predicted molar refractivity (Wildman–Crippen MR) is 129 cm³/mol. The Morgan fingerprint density at radius 1 is 1.14 bits per heavy atom. The molecule has 0 unspecified atom stereocenters. The monoisotopic (exact) mass is 512 g/mol. The van der Waals surface area contributed by atoms with Crippen molar-refractivity contribution in [3.05, 3.63) is 92.8 Å². The Hall–Kier alpha value is -3.53. The minimum Gasteiger partial charge on any atom is -0.486 e. The summed E-state index contributed by atoms with van der Waals surface area (Å²) in [7, 11) is 0. The fraction of sp³-hybridized carbons (Fsp3) is 0.200. The summed E-state index contributed by atoms with van der Waals surface area (Å²) in [5.41, 5.74) is 2.21. The summed E-state index contributed by atoms with van der Waals surface area (Å²) in [6.07, 6.45) is 1.47. The van der Waals surface area contributed by atoms with E-state index in [4.69, 9.17) is 30.2 Å². The molecule has 0 saturated heterocycles. The first-order valence-corrected chi connectivity index (χ1v) is 12.0.